The van der Waals surface area contributed by atoms with Crippen molar-refractivity contribution in [2.75, 3.05) is 0 Å². The molecule has 3 aromatic rings. The lowest BCUT2D eigenvalue weighted by molar-refractivity contribution is -0.123. The van der Waals surface area contributed by atoms with Crippen LogP contribution in [0.3, 0.4) is 0 Å². The summed E-state index contributed by atoms with van der Waals surface area (Å²) in [6.45, 7) is 0.278. The molecule has 7 heteroatoms. The molecule has 1 heterocycles. The van der Waals surface area contributed by atoms with E-state index in [1.165, 1.54) is 36.4 Å². The minimum absolute atomic E-state index is 0.0507. The molecule has 4 rings (SSSR count). The highest BCUT2D eigenvalue weighted by molar-refractivity contribution is 6.13. The predicted molar refractivity (Wildman–Crippen MR) is 111 cm³/mol. The number of carbonyl (C=O) groups is 2. The van der Waals surface area contributed by atoms with Gasteiger partial charge >= 0.3 is 6.03 Å². The molecule has 0 spiro atoms. The molecule has 1 aliphatic heterocycles. The van der Waals surface area contributed by atoms with Gasteiger partial charge < -0.3 is 10.1 Å². The maximum absolute atomic E-state index is 13.2. The van der Waals surface area contributed by atoms with Gasteiger partial charge in [-0.2, -0.15) is 0 Å². The molecule has 0 aromatic heterocycles. The van der Waals surface area contributed by atoms with Crippen molar-refractivity contribution in [1.82, 2.24) is 10.2 Å². The first kappa shape index (κ1) is 20.3. The van der Waals surface area contributed by atoms with Gasteiger partial charge in [0, 0.05) is 0 Å². The van der Waals surface area contributed by atoms with Crippen LogP contribution in [0.4, 0.5) is 13.6 Å². The second-order valence-electron chi connectivity index (χ2n) is 6.99. The van der Waals surface area contributed by atoms with Crippen molar-refractivity contribution in [3.8, 4) is 5.75 Å². The molecule has 1 saturated heterocycles. The van der Waals surface area contributed by atoms with E-state index < -0.39 is 11.9 Å². The van der Waals surface area contributed by atoms with E-state index in [1.54, 1.807) is 42.5 Å². The fraction of sp³-hybridized carbons (Fsp3) is 0.0833. The van der Waals surface area contributed by atoms with Gasteiger partial charge in [-0.05, 0) is 59.2 Å². The second-order valence-corrected chi connectivity index (χ2v) is 6.99. The van der Waals surface area contributed by atoms with Crippen LogP contribution in [0.2, 0.25) is 0 Å². The van der Waals surface area contributed by atoms with Crippen LogP contribution >= 0.6 is 0 Å². The van der Waals surface area contributed by atoms with Crippen LogP contribution in [0.1, 0.15) is 16.7 Å². The zero-order valence-corrected chi connectivity index (χ0v) is 16.3. The Hall–Kier alpha value is -4.00. The third-order valence-electron chi connectivity index (χ3n) is 4.70. The molecule has 1 aliphatic rings. The average molecular weight is 420 g/mol. The number of rotatable bonds is 6. The Morgan fingerprint density at radius 1 is 0.871 bits per heavy atom. The van der Waals surface area contributed by atoms with Gasteiger partial charge in [-0.25, -0.2) is 13.6 Å². The number of ether oxygens (including phenoxy) is 1. The first-order valence-electron chi connectivity index (χ1n) is 9.54. The number of halogens is 2. The summed E-state index contributed by atoms with van der Waals surface area (Å²) in [6, 6.07) is 18.2. The van der Waals surface area contributed by atoms with Crippen molar-refractivity contribution in [2.45, 2.75) is 13.2 Å². The SMILES string of the molecule is O=C1N/C(=C/c2ccc(OCc3cccc(F)c3)cc2)C(=O)N1Cc1ccc(F)cc1. The Bertz CT molecular complexity index is 1140. The summed E-state index contributed by atoms with van der Waals surface area (Å²) in [5, 5.41) is 2.56. The summed E-state index contributed by atoms with van der Waals surface area (Å²) in [4.78, 5) is 25.8. The average Bonchev–Trinajstić information content (AvgIpc) is 3.02. The molecular formula is C24H18F2N2O3. The Balaban J connectivity index is 1.40. The first-order chi connectivity index (χ1) is 15.0. The minimum atomic E-state index is -0.532. The lowest BCUT2D eigenvalue weighted by Crippen LogP contribution is -2.30. The Morgan fingerprint density at radius 2 is 1.61 bits per heavy atom. The Kier molecular flexibility index (Phi) is 5.75. The summed E-state index contributed by atoms with van der Waals surface area (Å²) in [5.41, 5.74) is 2.21. The standard InChI is InChI=1S/C24H18F2N2O3/c25-19-8-4-17(5-9-19)14-28-23(29)22(27-24(28)30)13-16-6-10-21(11-7-16)31-15-18-2-1-3-20(26)12-18/h1-13H,14-15H2,(H,27,30)/b22-13+. The first-order valence-corrected chi connectivity index (χ1v) is 9.54. The van der Waals surface area contributed by atoms with Crippen LogP contribution in [0.25, 0.3) is 6.08 Å². The fourth-order valence-electron chi connectivity index (χ4n) is 3.11. The summed E-state index contributed by atoms with van der Waals surface area (Å²) >= 11 is 0. The van der Waals surface area contributed by atoms with E-state index in [2.05, 4.69) is 5.32 Å². The van der Waals surface area contributed by atoms with Crippen LogP contribution in [0.15, 0.2) is 78.5 Å². The number of carbonyl (C=O) groups excluding carboxylic acids is 2. The zero-order chi connectivity index (χ0) is 21.8. The molecule has 0 aliphatic carbocycles. The van der Waals surface area contributed by atoms with E-state index in [4.69, 9.17) is 4.74 Å². The quantitative estimate of drug-likeness (QED) is 0.467. The summed E-state index contributed by atoms with van der Waals surface area (Å²) in [5.74, 6) is -0.573. The van der Waals surface area contributed by atoms with Crippen LogP contribution in [-0.4, -0.2) is 16.8 Å². The third-order valence-corrected chi connectivity index (χ3v) is 4.70. The second kappa shape index (κ2) is 8.79. The van der Waals surface area contributed by atoms with Gasteiger partial charge in [0.2, 0.25) is 0 Å². The van der Waals surface area contributed by atoms with E-state index >= 15 is 0 Å². The molecular weight excluding hydrogens is 402 g/mol. The molecule has 156 valence electrons. The number of nitrogens with zero attached hydrogens (tertiary/aromatic N) is 1. The van der Waals surface area contributed by atoms with Crippen molar-refractivity contribution < 1.29 is 23.1 Å². The van der Waals surface area contributed by atoms with Gasteiger partial charge in [0.15, 0.2) is 0 Å². The van der Waals surface area contributed by atoms with Gasteiger partial charge in [-0.3, -0.25) is 9.69 Å². The minimum Gasteiger partial charge on any atom is -0.489 e. The molecule has 1 N–H and O–H groups in total. The number of hydrogen-bond donors (Lipinski definition) is 1. The highest BCUT2D eigenvalue weighted by Crippen LogP contribution is 2.20. The Labute approximate surface area is 177 Å². The molecule has 1 fully saturated rings. The molecule has 0 atom stereocenters. The topological polar surface area (TPSA) is 58.6 Å². The number of amides is 3. The number of imide groups is 1. The maximum Gasteiger partial charge on any atom is 0.329 e. The smallest absolute Gasteiger partial charge is 0.329 e. The van der Waals surface area contributed by atoms with Crippen molar-refractivity contribution in [3.63, 3.8) is 0 Å². The largest absolute Gasteiger partial charge is 0.489 e. The van der Waals surface area contributed by atoms with Gasteiger partial charge in [0.25, 0.3) is 5.91 Å². The van der Waals surface area contributed by atoms with Gasteiger partial charge in [-0.15, -0.1) is 0 Å². The van der Waals surface area contributed by atoms with Crippen LogP contribution in [-0.2, 0) is 17.9 Å². The van der Waals surface area contributed by atoms with Crippen LogP contribution in [0, 0.1) is 11.6 Å². The fourth-order valence-corrected chi connectivity index (χ4v) is 3.11. The van der Waals surface area contributed by atoms with Gasteiger partial charge in [0.05, 0.1) is 6.54 Å². The molecule has 3 aromatic carbocycles. The molecule has 5 nitrogen and oxygen atoms in total. The van der Waals surface area contributed by atoms with Gasteiger partial charge in [0.1, 0.15) is 29.7 Å². The van der Waals surface area contributed by atoms with E-state index in [-0.39, 0.29) is 30.5 Å². The summed E-state index contributed by atoms with van der Waals surface area (Å²) in [6.07, 6.45) is 1.57. The lowest BCUT2D eigenvalue weighted by atomic mass is 10.1. The number of urea groups is 1. The van der Waals surface area contributed by atoms with Crippen LogP contribution in [0.5, 0.6) is 5.75 Å². The summed E-state index contributed by atoms with van der Waals surface area (Å²) in [7, 11) is 0. The van der Waals surface area contributed by atoms with E-state index in [1.807, 2.05) is 0 Å². The van der Waals surface area contributed by atoms with E-state index in [0.717, 1.165) is 4.90 Å². The normalized spacial score (nSPS) is 14.8. The number of benzene rings is 3. The third kappa shape index (κ3) is 4.95. The van der Waals surface area contributed by atoms with Gasteiger partial charge in [-0.1, -0.05) is 36.4 Å². The number of hydrogen-bond acceptors (Lipinski definition) is 3. The Morgan fingerprint density at radius 3 is 2.32 bits per heavy atom. The molecule has 0 unspecified atom stereocenters. The maximum atomic E-state index is 13.2. The highest BCUT2D eigenvalue weighted by Gasteiger charge is 2.33. The molecule has 3 amide bonds. The lowest BCUT2D eigenvalue weighted by Gasteiger charge is -2.11. The van der Waals surface area contributed by atoms with Crippen molar-refractivity contribution in [3.05, 3.63) is 107 Å². The zero-order valence-electron chi connectivity index (χ0n) is 16.3. The number of nitrogens with one attached hydrogen (secondary N) is 1. The molecule has 0 saturated carbocycles. The van der Waals surface area contributed by atoms with Crippen molar-refractivity contribution in [1.29, 1.82) is 0 Å². The van der Waals surface area contributed by atoms with E-state index in [0.29, 0.717) is 22.4 Å². The van der Waals surface area contributed by atoms with Crippen molar-refractivity contribution >= 4 is 18.0 Å². The monoisotopic (exact) mass is 420 g/mol. The summed E-state index contributed by atoms with van der Waals surface area (Å²) < 4.78 is 31.9. The molecule has 0 radical (unpaired) electrons. The van der Waals surface area contributed by atoms with Crippen molar-refractivity contribution in [2.24, 2.45) is 0 Å². The van der Waals surface area contributed by atoms with E-state index in [9.17, 15) is 18.4 Å². The molecule has 0 bridgehead atoms. The highest BCUT2D eigenvalue weighted by atomic mass is 19.1. The predicted octanol–water partition coefficient (Wildman–Crippen LogP) is 4.64. The molecule has 31 heavy (non-hydrogen) atoms. The van der Waals surface area contributed by atoms with Crippen LogP contribution < -0.4 is 10.1 Å².